The molecule has 0 spiro atoms. The fraction of sp³-hybridized carbons (Fsp3) is 0.385. The third kappa shape index (κ3) is 4.03. The van der Waals surface area contributed by atoms with Gasteiger partial charge in [-0.25, -0.2) is 5.01 Å². The summed E-state index contributed by atoms with van der Waals surface area (Å²) in [4.78, 5) is 65.7. The van der Waals surface area contributed by atoms with Gasteiger partial charge >= 0.3 is 0 Å². The van der Waals surface area contributed by atoms with Crippen LogP contribution in [0.25, 0.3) is 0 Å². The molecule has 2 bridgehead atoms. The van der Waals surface area contributed by atoms with Crippen molar-refractivity contribution >= 4 is 61.1 Å². The van der Waals surface area contributed by atoms with Crippen molar-refractivity contribution in [1.82, 2.24) is 10.0 Å². The molecule has 0 unspecified atom stereocenters. The molecule has 7 atom stereocenters. The molecule has 0 aromatic heterocycles. The number of carbonyl (C=O) groups is 4. The second-order valence-electron chi connectivity index (χ2n) is 9.60. The Bertz CT molecular complexity index is 1250. The summed E-state index contributed by atoms with van der Waals surface area (Å²) in [5, 5.41) is 13.0. The molecular weight excluding hydrogens is 610 g/mol. The number of fused-ring (bicyclic) bond motifs is 5. The lowest BCUT2D eigenvalue weighted by Gasteiger charge is -2.36. The summed E-state index contributed by atoms with van der Waals surface area (Å²) in [5.74, 6) is -3.41. The number of alkyl halides is 2. The number of nitrogens with zero attached hydrogens (tertiary/aromatic N) is 3. The van der Waals surface area contributed by atoms with Gasteiger partial charge in [0.25, 0.3) is 23.4 Å². The Morgan fingerprint density at radius 1 is 0.973 bits per heavy atom. The summed E-state index contributed by atoms with van der Waals surface area (Å²) in [6.07, 6.45) is 0.872. The van der Waals surface area contributed by atoms with Crippen molar-refractivity contribution in [2.75, 3.05) is 0 Å². The van der Waals surface area contributed by atoms with Crippen molar-refractivity contribution in [3.05, 3.63) is 75.8 Å². The number of non-ortho nitro benzene ring substituents is 1. The average Bonchev–Trinajstić information content (AvgIpc) is 3.52. The Morgan fingerprint density at radius 3 is 2.00 bits per heavy atom. The highest BCUT2D eigenvalue weighted by Crippen LogP contribution is 2.60. The molecule has 3 fully saturated rings. The average molecular weight is 633 g/mol. The van der Waals surface area contributed by atoms with Gasteiger partial charge in [-0.05, 0) is 36.8 Å². The minimum Gasteiger partial charge on any atom is -0.292 e. The number of hydrazine groups is 1. The first-order chi connectivity index (χ1) is 17.7. The summed E-state index contributed by atoms with van der Waals surface area (Å²) < 4.78 is 0. The van der Waals surface area contributed by atoms with Crippen molar-refractivity contribution < 1.29 is 24.1 Å². The number of carbonyl (C=O) groups excluding carboxylic acids is 4. The van der Waals surface area contributed by atoms with Gasteiger partial charge in [-0.15, -0.1) is 0 Å². The molecule has 5 rings (SSSR count). The Labute approximate surface area is 229 Å². The number of halogens is 2. The van der Waals surface area contributed by atoms with E-state index in [9.17, 15) is 29.3 Å². The van der Waals surface area contributed by atoms with E-state index >= 15 is 0 Å². The van der Waals surface area contributed by atoms with Crippen molar-refractivity contribution in [2.24, 2.45) is 23.7 Å². The Balaban J connectivity index is 1.57. The predicted octanol–water partition coefficient (Wildman–Crippen LogP) is 4.39. The van der Waals surface area contributed by atoms with Gasteiger partial charge in [0.15, 0.2) is 5.78 Å². The van der Waals surface area contributed by atoms with Gasteiger partial charge < -0.3 is 0 Å². The van der Waals surface area contributed by atoms with Crippen LogP contribution < -0.4 is 0 Å². The maximum absolute atomic E-state index is 13.9. The third-order valence-electron chi connectivity index (χ3n) is 7.76. The van der Waals surface area contributed by atoms with E-state index in [-0.39, 0.29) is 39.2 Å². The third-order valence-corrected chi connectivity index (χ3v) is 11.0. The first-order valence-electron chi connectivity index (χ1n) is 12.0. The highest BCUT2D eigenvalue weighted by molar-refractivity contribution is 9.12. The first kappa shape index (κ1) is 25.7. The number of nitro benzene ring substituents is 1. The van der Waals surface area contributed by atoms with Crippen LogP contribution >= 0.6 is 31.9 Å². The van der Waals surface area contributed by atoms with Crippen LogP contribution in [0.5, 0.6) is 0 Å². The van der Waals surface area contributed by atoms with E-state index < -0.39 is 46.3 Å². The SMILES string of the molecule is CC[C@H](C(=O)c1ccccc1)N(C(=O)c1ccc([N+](=O)[O-])cc1)N1C(=O)[C@@H]2[C@H]3C[C@@H]([C@H](Br)[C@H]3Br)[C@@H]2C1=O. The van der Waals surface area contributed by atoms with E-state index in [1.807, 2.05) is 0 Å². The molecule has 2 aromatic carbocycles. The molecule has 1 aliphatic heterocycles. The van der Waals surface area contributed by atoms with Crippen molar-refractivity contribution in [3.8, 4) is 0 Å². The van der Waals surface area contributed by atoms with Gasteiger partial charge in [0.2, 0.25) is 0 Å². The molecule has 0 N–H and O–H groups in total. The summed E-state index contributed by atoms with van der Waals surface area (Å²) in [6.45, 7) is 1.71. The molecule has 0 radical (unpaired) electrons. The second kappa shape index (κ2) is 9.75. The molecule has 192 valence electrons. The standard InChI is InChI=1S/C26H23Br2N3O6/c1-2-18(23(32)13-6-4-3-5-7-13)29(24(33)14-8-10-15(11-9-14)31(36)37)30-25(34)19-16-12-17(20(19)26(30)35)22(28)21(16)27/h3-11,16-22H,2,12H2,1H3/t16-,17-,18-,19-,20+,21+,22+/m1/s1. The number of hydrogen-bond acceptors (Lipinski definition) is 6. The van der Waals surface area contributed by atoms with Crippen LogP contribution in [0.3, 0.4) is 0 Å². The van der Waals surface area contributed by atoms with Gasteiger partial charge in [0.1, 0.15) is 6.04 Å². The number of benzene rings is 2. The van der Waals surface area contributed by atoms with E-state index in [1.54, 1.807) is 37.3 Å². The smallest absolute Gasteiger partial charge is 0.273 e. The molecule has 11 heteroatoms. The van der Waals surface area contributed by atoms with Crippen molar-refractivity contribution in [3.63, 3.8) is 0 Å². The van der Waals surface area contributed by atoms with Gasteiger partial charge in [0, 0.05) is 32.9 Å². The number of Topliss-reactive ketones (excluding diaryl/α,β-unsaturated/α-hetero) is 1. The molecule has 2 saturated carbocycles. The van der Waals surface area contributed by atoms with Crippen LogP contribution in [0.2, 0.25) is 0 Å². The highest BCUT2D eigenvalue weighted by atomic mass is 79.9. The fourth-order valence-electron chi connectivity index (χ4n) is 6.04. The van der Waals surface area contributed by atoms with Gasteiger partial charge in [0.05, 0.1) is 16.8 Å². The largest absolute Gasteiger partial charge is 0.292 e. The fourth-order valence-corrected chi connectivity index (χ4v) is 7.91. The lowest BCUT2D eigenvalue weighted by molar-refractivity contribution is -0.384. The van der Waals surface area contributed by atoms with Crippen LogP contribution in [-0.4, -0.2) is 54.1 Å². The molecule has 1 saturated heterocycles. The molecular formula is C26H23Br2N3O6. The predicted molar refractivity (Wildman–Crippen MR) is 140 cm³/mol. The highest BCUT2D eigenvalue weighted by Gasteiger charge is 2.68. The topological polar surface area (TPSA) is 118 Å². The number of hydrogen-bond donors (Lipinski definition) is 0. The zero-order chi connectivity index (χ0) is 26.6. The summed E-state index contributed by atoms with van der Waals surface area (Å²) in [6, 6.07) is 12.2. The molecule has 2 aliphatic carbocycles. The van der Waals surface area contributed by atoms with Gasteiger partial charge in [-0.3, -0.25) is 29.3 Å². The van der Waals surface area contributed by atoms with Gasteiger partial charge in [-0.2, -0.15) is 5.01 Å². The van der Waals surface area contributed by atoms with Crippen LogP contribution in [0.15, 0.2) is 54.6 Å². The number of amides is 3. The molecule has 2 aromatic rings. The van der Waals surface area contributed by atoms with Crippen molar-refractivity contribution in [2.45, 2.75) is 35.5 Å². The maximum atomic E-state index is 13.9. The first-order valence-corrected chi connectivity index (χ1v) is 13.8. The minimum atomic E-state index is -1.13. The zero-order valence-corrected chi connectivity index (χ0v) is 22.9. The van der Waals surface area contributed by atoms with Gasteiger partial charge in [-0.1, -0.05) is 69.1 Å². The summed E-state index contributed by atoms with van der Waals surface area (Å²) in [5.41, 5.74) is 0.167. The second-order valence-corrected chi connectivity index (χ2v) is 11.7. The quantitative estimate of drug-likeness (QED) is 0.147. The molecule has 3 aliphatic rings. The van der Waals surface area contributed by atoms with E-state index in [4.69, 9.17) is 0 Å². The Hall–Kier alpha value is -2.92. The van der Waals surface area contributed by atoms with E-state index in [2.05, 4.69) is 31.9 Å². The normalized spacial score (nSPS) is 28.8. The number of ketones is 1. The van der Waals surface area contributed by atoms with E-state index in [0.717, 1.165) is 16.4 Å². The van der Waals surface area contributed by atoms with Crippen molar-refractivity contribution in [1.29, 1.82) is 0 Å². The lowest BCUT2D eigenvalue weighted by Crippen LogP contribution is -2.57. The number of nitro groups is 1. The van der Waals surface area contributed by atoms with Crippen LogP contribution in [0.1, 0.15) is 40.5 Å². The number of rotatable bonds is 7. The van der Waals surface area contributed by atoms with Crippen LogP contribution in [0, 0.1) is 33.8 Å². The monoisotopic (exact) mass is 631 g/mol. The number of imide groups is 1. The molecule has 9 nitrogen and oxygen atoms in total. The van der Waals surface area contributed by atoms with Crippen LogP contribution in [0.4, 0.5) is 5.69 Å². The van der Waals surface area contributed by atoms with E-state index in [1.165, 1.54) is 24.3 Å². The summed E-state index contributed by atoms with van der Waals surface area (Å²) in [7, 11) is 0. The lowest BCUT2D eigenvalue weighted by atomic mass is 9.81. The Morgan fingerprint density at radius 2 is 1.51 bits per heavy atom. The van der Waals surface area contributed by atoms with E-state index in [0.29, 0.717) is 5.56 Å². The molecule has 37 heavy (non-hydrogen) atoms. The zero-order valence-electron chi connectivity index (χ0n) is 19.7. The Kier molecular flexibility index (Phi) is 6.78. The molecule has 3 amide bonds. The summed E-state index contributed by atoms with van der Waals surface area (Å²) >= 11 is 7.33. The van der Waals surface area contributed by atoms with Crippen LogP contribution in [-0.2, 0) is 9.59 Å². The molecule has 1 heterocycles. The maximum Gasteiger partial charge on any atom is 0.273 e. The minimum absolute atomic E-state index is 0.0159.